The quantitative estimate of drug-likeness (QED) is 0.478. The van der Waals surface area contributed by atoms with E-state index >= 15 is 0 Å². The lowest BCUT2D eigenvalue weighted by Crippen LogP contribution is -2.02. The molecule has 0 radical (unpaired) electrons. The molecule has 0 bridgehead atoms. The Kier molecular flexibility index (Phi) is 1.84. The van der Waals surface area contributed by atoms with Gasteiger partial charge in [0.1, 0.15) is 0 Å². The summed E-state index contributed by atoms with van der Waals surface area (Å²) < 4.78 is 4.60. The Morgan fingerprint density at radius 3 is 3.20 bits per heavy atom. The minimum Gasteiger partial charge on any atom is -0.403 e. The number of rotatable bonds is 2. The lowest BCUT2D eigenvalue weighted by atomic mass is 10.6. The van der Waals surface area contributed by atoms with Gasteiger partial charge in [-0.25, -0.2) is 4.79 Å². The smallest absolute Gasteiger partial charge is 0.336 e. The topological polar surface area (TPSA) is 55.0 Å². The molecule has 0 spiro atoms. The fraction of sp³-hybridized carbons (Fsp3) is 0. The molecular weight excluding hydrogens is 132 g/mol. The number of nitrogens with one attached hydrogen (secondary N) is 1. The molecule has 0 aliphatic rings. The van der Waals surface area contributed by atoms with Crippen LogP contribution in [0.4, 0.5) is 0 Å². The van der Waals surface area contributed by atoms with Crippen molar-refractivity contribution in [2.24, 2.45) is 0 Å². The van der Waals surface area contributed by atoms with Crippen molar-refractivity contribution in [1.29, 1.82) is 0 Å². The molecule has 0 unspecified atom stereocenters. The van der Waals surface area contributed by atoms with Crippen LogP contribution in [-0.2, 0) is 4.79 Å². The fourth-order valence-electron chi connectivity index (χ4n) is 0.448. The number of hydrogen-bond acceptors (Lipinski definition) is 3. The number of carbonyl (C=O) groups excluding carboxylic acids is 1. The molecule has 1 aromatic rings. The molecule has 0 saturated heterocycles. The van der Waals surface area contributed by atoms with Gasteiger partial charge in [-0.05, 0) is 0 Å². The van der Waals surface area contributed by atoms with Crippen molar-refractivity contribution in [3.8, 4) is 5.88 Å². The zero-order valence-corrected chi connectivity index (χ0v) is 5.20. The van der Waals surface area contributed by atoms with Gasteiger partial charge >= 0.3 is 5.97 Å². The van der Waals surface area contributed by atoms with Crippen LogP contribution < -0.4 is 4.74 Å². The molecule has 1 aromatic heterocycles. The second-order valence-electron chi connectivity index (χ2n) is 1.54. The third-order valence-electron chi connectivity index (χ3n) is 0.847. The first-order valence-corrected chi connectivity index (χ1v) is 2.67. The van der Waals surface area contributed by atoms with Crippen LogP contribution in [0.3, 0.4) is 0 Å². The molecule has 1 rings (SSSR count). The highest BCUT2D eigenvalue weighted by atomic mass is 16.5. The summed E-state index contributed by atoms with van der Waals surface area (Å²) in [7, 11) is 0. The second kappa shape index (κ2) is 2.82. The summed E-state index contributed by atoms with van der Waals surface area (Å²) in [5, 5.41) is 6.09. The normalized spacial score (nSPS) is 8.80. The summed E-state index contributed by atoms with van der Waals surface area (Å²) in [6.45, 7) is 3.23. The molecule has 52 valence electrons. The van der Waals surface area contributed by atoms with Crippen molar-refractivity contribution in [2.75, 3.05) is 0 Å². The van der Waals surface area contributed by atoms with Crippen molar-refractivity contribution in [3.05, 3.63) is 24.9 Å². The molecule has 4 nitrogen and oxygen atoms in total. The highest BCUT2D eigenvalue weighted by Crippen LogP contribution is 2.01. The van der Waals surface area contributed by atoms with E-state index in [1.165, 1.54) is 0 Å². The summed E-state index contributed by atoms with van der Waals surface area (Å²) in [5.41, 5.74) is 0. The third kappa shape index (κ3) is 1.45. The molecule has 1 N–H and O–H groups in total. The Bertz CT molecular complexity index is 228. The van der Waals surface area contributed by atoms with Gasteiger partial charge in [-0.1, -0.05) is 6.58 Å². The van der Waals surface area contributed by atoms with E-state index in [2.05, 4.69) is 21.5 Å². The number of H-pyrrole nitrogens is 1. The molecule has 0 amide bonds. The maximum absolute atomic E-state index is 10.5. The monoisotopic (exact) mass is 138 g/mol. The van der Waals surface area contributed by atoms with Gasteiger partial charge < -0.3 is 4.74 Å². The van der Waals surface area contributed by atoms with Crippen LogP contribution in [0.5, 0.6) is 5.88 Å². The molecule has 0 aliphatic heterocycles. The Balaban J connectivity index is 2.56. The van der Waals surface area contributed by atoms with Gasteiger partial charge in [-0.2, -0.15) is 0 Å². The standard InChI is InChI=1S/C6H6N2O2/c1-2-6(9)10-5-3-4-7-8-5/h2-4H,1H2,(H,7,8). The molecule has 0 aliphatic carbocycles. The fourth-order valence-corrected chi connectivity index (χ4v) is 0.448. The van der Waals surface area contributed by atoms with Crippen LogP contribution in [0, 0.1) is 0 Å². The van der Waals surface area contributed by atoms with Gasteiger partial charge in [0.15, 0.2) is 0 Å². The van der Waals surface area contributed by atoms with E-state index in [9.17, 15) is 4.79 Å². The van der Waals surface area contributed by atoms with Crippen molar-refractivity contribution in [2.45, 2.75) is 0 Å². The van der Waals surface area contributed by atoms with E-state index in [1.54, 1.807) is 12.3 Å². The van der Waals surface area contributed by atoms with Crippen molar-refractivity contribution < 1.29 is 9.53 Å². The zero-order chi connectivity index (χ0) is 7.40. The number of ether oxygens (including phenoxy) is 1. The first-order valence-electron chi connectivity index (χ1n) is 2.67. The second-order valence-corrected chi connectivity index (χ2v) is 1.54. The summed E-state index contributed by atoms with van der Waals surface area (Å²) in [4.78, 5) is 10.5. The molecular formula is C6H6N2O2. The van der Waals surface area contributed by atoms with E-state index in [1.807, 2.05) is 0 Å². The molecule has 4 heteroatoms. The lowest BCUT2D eigenvalue weighted by molar-refractivity contribution is -0.129. The highest BCUT2D eigenvalue weighted by molar-refractivity contribution is 5.82. The first-order chi connectivity index (χ1) is 4.83. The SMILES string of the molecule is C=CC(=O)Oc1cc[nH]n1. The molecule has 0 atom stereocenters. The predicted octanol–water partition coefficient (Wildman–Crippen LogP) is 0.501. The van der Waals surface area contributed by atoms with Crippen LogP contribution in [0.15, 0.2) is 24.9 Å². The minimum atomic E-state index is -0.507. The van der Waals surface area contributed by atoms with E-state index in [4.69, 9.17) is 0 Å². The summed E-state index contributed by atoms with van der Waals surface area (Å²) in [5.74, 6) is -0.253. The minimum absolute atomic E-state index is 0.255. The Morgan fingerprint density at radius 1 is 1.90 bits per heavy atom. The number of nitrogens with zero attached hydrogens (tertiary/aromatic N) is 1. The Labute approximate surface area is 57.5 Å². The highest BCUT2D eigenvalue weighted by Gasteiger charge is 1.98. The van der Waals surface area contributed by atoms with Crippen LogP contribution in [0.1, 0.15) is 0 Å². The van der Waals surface area contributed by atoms with Gasteiger partial charge in [0.2, 0.25) is 5.88 Å². The third-order valence-corrected chi connectivity index (χ3v) is 0.847. The molecule has 0 aromatic carbocycles. The van der Waals surface area contributed by atoms with E-state index in [0.717, 1.165) is 6.08 Å². The average molecular weight is 138 g/mol. The van der Waals surface area contributed by atoms with Gasteiger partial charge in [0, 0.05) is 18.3 Å². The number of aromatic nitrogens is 2. The van der Waals surface area contributed by atoms with Gasteiger partial charge in [0.25, 0.3) is 0 Å². The zero-order valence-electron chi connectivity index (χ0n) is 5.20. The van der Waals surface area contributed by atoms with E-state index in [0.29, 0.717) is 0 Å². The maximum atomic E-state index is 10.5. The number of esters is 1. The number of carbonyl (C=O) groups is 1. The maximum Gasteiger partial charge on any atom is 0.336 e. The van der Waals surface area contributed by atoms with Crippen molar-refractivity contribution in [1.82, 2.24) is 10.2 Å². The average Bonchev–Trinajstić information content (AvgIpc) is 2.40. The molecule has 0 fully saturated rings. The van der Waals surface area contributed by atoms with Gasteiger partial charge in [0.05, 0.1) is 0 Å². The van der Waals surface area contributed by atoms with Gasteiger partial charge in [-0.15, -0.1) is 5.10 Å². The number of aromatic amines is 1. The van der Waals surface area contributed by atoms with Crippen LogP contribution in [0.25, 0.3) is 0 Å². The van der Waals surface area contributed by atoms with Gasteiger partial charge in [-0.3, -0.25) is 5.10 Å². The molecule has 1 heterocycles. The summed E-state index contributed by atoms with van der Waals surface area (Å²) >= 11 is 0. The Morgan fingerprint density at radius 2 is 2.70 bits per heavy atom. The summed E-state index contributed by atoms with van der Waals surface area (Å²) in [6.07, 6.45) is 2.64. The van der Waals surface area contributed by atoms with Crippen LogP contribution in [0.2, 0.25) is 0 Å². The van der Waals surface area contributed by atoms with E-state index < -0.39 is 5.97 Å². The van der Waals surface area contributed by atoms with Crippen molar-refractivity contribution in [3.63, 3.8) is 0 Å². The number of hydrogen-bond donors (Lipinski definition) is 1. The van der Waals surface area contributed by atoms with Crippen LogP contribution in [-0.4, -0.2) is 16.2 Å². The van der Waals surface area contributed by atoms with E-state index in [-0.39, 0.29) is 5.88 Å². The molecule has 10 heavy (non-hydrogen) atoms. The predicted molar refractivity (Wildman–Crippen MR) is 34.4 cm³/mol. The van der Waals surface area contributed by atoms with Crippen LogP contribution >= 0.6 is 0 Å². The summed E-state index contributed by atoms with van der Waals surface area (Å²) in [6, 6.07) is 1.54. The largest absolute Gasteiger partial charge is 0.403 e. The Hall–Kier alpha value is -1.58. The first kappa shape index (κ1) is 6.54. The lowest BCUT2D eigenvalue weighted by Gasteiger charge is -1.91. The van der Waals surface area contributed by atoms with Crippen molar-refractivity contribution >= 4 is 5.97 Å². The molecule has 0 saturated carbocycles.